The summed E-state index contributed by atoms with van der Waals surface area (Å²) in [6.45, 7) is 8.77. The summed E-state index contributed by atoms with van der Waals surface area (Å²) in [7, 11) is 0. The van der Waals surface area contributed by atoms with E-state index in [-0.39, 0.29) is 6.04 Å². The van der Waals surface area contributed by atoms with E-state index < -0.39 is 0 Å². The van der Waals surface area contributed by atoms with Crippen LogP contribution in [0.15, 0.2) is 27.6 Å². The third kappa shape index (κ3) is 3.79. The van der Waals surface area contributed by atoms with Gasteiger partial charge in [0.15, 0.2) is 0 Å². The summed E-state index contributed by atoms with van der Waals surface area (Å²) in [4.78, 5) is 1.30. The quantitative estimate of drug-likeness (QED) is 0.822. The van der Waals surface area contributed by atoms with Gasteiger partial charge in [-0.2, -0.15) is 0 Å². The second-order valence-electron chi connectivity index (χ2n) is 4.55. The standard InChI is InChI=1S/C13H20BrNS/c1-8(2)10(4)16-13-6-5-11(9(3)15)7-12(13)14/h5-10H,15H2,1-4H3/t9-,10?/m0/s1. The smallest absolute Gasteiger partial charge is 0.0314 e. The van der Waals surface area contributed by atoms with Crippen LogP contribution in [0.2, 0.25) is 0 Å². The fraction of sp³-hybridized carbons (Fsp3) is 0.538. The molecule has 0 heterocycles. The molecule has 0 aliphatic carbocycles. The first kappa shape index (κ1) is 14.1. The number of hydrogen-bond donors (Lipinski definition) is 1. The molecule has 1 aromatic rings. The van der Waals surface area contributed by atoms with Gasteiger partial charge < -0.3 is 5.73 Å². The van der Waals surface area contributed by atoms with Crippen molar-refractivity contribution in [3.63, 3.8) is 0 Å². The van der Waals surface area contributed by atoms with E-state index in [4.69, 9.17) is 5.73 Å². The van der Waals surface area contributed by atoms with E-state index in [0.29, 0.717) is 11.2 Å². The lowest BCUT2D eigenvalue weighted by Gasteiger charge is -2.16. The van der Waals surface area contributed by atoms with Gasteiger partial charge in [-0.25, -0.2) is 0 Å². The van der Waals surface area contributed by atoms with E-state index in [1.807, 2.05) is 18.7 Å². The van der Waals surface area contributed by atoms with Gasteiger partial charge in [0.25, 0.3) is 0 Å². The molecule has 0 amide bonds. The van der Waals surface area contributed by atoms with Crippen LogP contribution >= 0.6 is 27.7 Å². The molecule has 0 aromatic heterocycles. The maximum atomic E-state index is 5.85. The van der Waals surface area contributed by atoms with Gasteiger partial charge in [-0.1, -0.05) is 26.8 Å². The van der Waals surface area contributed by atoms with Crippen LogP contribution in [-0.2, 0) is 0 Å². The Morgan fingerprint density at radius 2 is 1.81 bits per heavy atom. The number of hydrogen-bond acceptors (Lipinski definition) is 2. The molecule has 0 saturated carbocycles. The van der Waals surface area contributed by atoms with Crippen LogP contribution in [0, 0.1) is 5.92 Å². The monoisotopic (exact) mass is 301 g/mol. The molecule has 2 N–H and O–H groups in total. The van der Waals surface area contributed by atoms with Crippen LogP contribution < -0.4 is 5.73 Å². The van der Waals surface area contributed by atoms with E-state index in [0.717, 1.165) is 4.47 Å². The number of nitrogens with two attached hydrogens (primary N) is 1. The Hall–Kier alpha value is 0.01000. The normalized spacial score (nSPS) is 15.2. The molecule has 0 radical (unpaired) electrons. The second kappa shape index (κ2) is 6.08. The van der Waals surface area contributed by atoms with E-state index >= 15 is 0 Å². The van der Waals surface area contributed by atoms with Gasteiger partial charge in [0.2, 0.25) is 0 Å². The zero-order valence-corrected chi connectivity index (χ0v) is 12.7. The Bertz CT molecular complexity index is 350. The third-order valence-electron chi connectivity index (χ3n) is 2.73. The number of thioether (sulfide) groups is 1. The van der Waals surface area contributed by atoms with Gasteiger partial charge in [0.05, 0.1) is 0 Å². The maximum Gasteiger partial charge on any atom is 0.0314 e. The first-order chi connectivity index (χ1) is 7.41. The zero-order chi connectivity index (χ0) is 12.3. The second-order valence-corrected chi connectivity index (χ2v) is 6.82. The summed E-state index contributed by atoms with van der Waals surface area (Å²) in [5, 5.41) is 0.623. The fourth-order valence-corrected chi connectivity index (χ4v) is 2.90. The van der Waals surface area contributed by atoms with E-state index in [2.05, 4.69) is 54.9 Å². The molecule has 90 valence electrons. The maximum absolute atomic E-state index is 5.85. The Balaban J connectivity index is 2.83. The van der Waals surface area contributed by atoms with Crippen molar-refractivity contribution in [3.8, 4) is 0 Å². The van der Waals surface area contributed by atoms with Gasteiger partial charge in [-0.05, 0) is 46.5 Å². The van der Waals surface area contributed by atoms with Gasteiger partial charge in [0, 0.05) is 20.7 Å². The lowest BCUT2D eigenvalue weighted by atomic mass is 10.1. The van der Waals surface area contributed by atoms with E-state index in [1.165, 1.54) is 10.5 Å². The molecular formula is C13H20BrNS. The SMILES string of the molecule is CC(C)C(C)Sc1ccc([C@H](C)N)cc1Br. The summed E-state index contributed by atoms with van der Waals surface area (Å²) in [6, 6.07) is 6.50. The summed E-state index contributed by atoms with van der Waals surface area (Å²) < 4.78 is 1.15. The molecule has 0 bridgehead atoms. The Labute approximate surface area is 111 Å². The van der Waals surface area contributed by atoms with E-state index in [9.17, 15) is 0 Å². The molecule has 3 heteroatoms. The predicted molar refractivity (Wildman–Crippen MR) is 76.9 cm³/mol. The first-order valence-electron chi connectivity index (χ1n) is 5.63. The van der Waals surface area contributed by atoms with Gasteiger partial charge in [-0.3, -0.25) is 0 Å². The van der Waals surface area contributed by atoms with Gasteiger partial charge >= 0.3 is 0 Å². The van der Waals surface area contributed by atoms with E-state index in [1.54, 1.807) is 0 Å². The van der Waals surface area contributed by atoms with Gasteiger partial charge in [0.1, 0.15) is 0 Å². The molecule has 16 heavy (non-hydrogen) atoms. The molecule has 0 aliphatic rings. The van der Waals surface area contributed by atoms with Crippen molar-refractivity contribution >= 4 is 27.7 Å². The Morgan fingerprint density at radius 3 is 2.25 bits per heavy atom. The average molecular weight is 302 g/mol. The van der Waals surface area contributed by atoms with Crippen LogP contribution in [0.3, 0.4) is 0 Å². The highest BCUT2D eigenvalue weighted by molar-refractivity contribution is 9.10. The first-order valence-corrected chi connectivity index (χ1v) is 7.30. The number of halogens is 1. The Morgan fingerprint density at radius 1 is 1.19 bits per heavy atom. The molecule has 1 aromatic carbocycles. The summed E-state index contributed by atoms with van der Waals surface area (Å²) in [5.41, 5.74) is 7.03. The number of benzene rings is 1. The fourth-order valence-electron chi connectivity index (χ4n) is 1.23. The summed E-state index contributed by atoms with van der Waals surface area (Å²) in [6.07, 6.45) is 0. The van der Waals surface area contributed by atoms with Crippen molar-refractivity contribution in [1.29, 1.82) is 0 Å². The highest BCUT2D eigenvalue weighted by atomic mass is 79.9. The average Bonchev–Trinajstić information content (AvgIpc) is 2.20. The largest absolute Gasteiger partial charge is 0.324 e. The summed E-state index contributed by atoms with van der Waals surface area (Å²) >= 11 is 5.53. The molecule has 1 nitrogen and oxygen atoms in total. The molecule has 0 saturated heterocycles. The predicted octanol–water partition coefficient (Wildman–Crippen LogP) is 4.61. The Kier molecular flexibility index (Phi) is 5.35. The highest BCUT2D eigenvalue weighted by Crippen LogP contribution is 2.34. The number of rotatable bonds is 4. The molecule has 0 spiro atoms. The molecule has 2 atom stereocenters. The summed E-state index contributed by atoms with van der Waals surface area (Å²) in [5.74, 6) is 0.685. The molecule has 1 unspecified atom stereocenters. The van der Waals surface area contributed by atoms with Crippen LogP contribution in [0.25, 0.3) is 0 Å². The van der Waals surface area contributed by atoms with Crippen molar-refractivity contribution < 1.29 is 0 Å². The topological polar surface area (TPSA) is 26.0 Å². The highest BCUT2D eigenvalue weighted by Gasteiger charge is 2.11. The van der Waals surface area contributed by atoms with Gasteiger partial charge in [-0.15, -0.1) is 11.8 Å². The zero-order valence-electron chi connectivity index (χ0n) is 10.3. The van der Waals surface area contributed by atoms with Crippen molar-refractivity contribution in [2.45, 2.75) is 43.9 Å². The van der Waals surface area contributed by atoms with Crippen molar-refractivity contribution in [1.82, 2.24) is 0 Å². The molecule has 0 aliphatic heterocycles. The van der Waals surface area contributed by atoms with Crippen LogP contribution in [0.4, 0.5) is 0 Å². The minimum absolute atomic E-state index is 0.0953. The molecular weight excluding hydrogens is 282 g/mol. The van der Waals surface area contributed by atoms with Crippen LogP contribution in [0.5, 0.6) is 0 Å². The molecule has 0 fully saturated rings. The van der Waals surface area contributed by atoms with Crippen molar-refractivity contribution in [3.05, 3.63) is 28.2 Å². The van der Waals surface area contributed by atoms with Crippen LogP contribution in [-0.4, -0.2) is 5.25 Å². The van der Waals surface area contributed by atoms with Crippen molar-refractivity contribution in [2.75, 3.05) is 0 Å². The molecule has 1 rings (SSSR count). The minimum Gasteiger partial charge on any atom is -0.324 e. The minimum atomic E-state index is 0.0953. The lowest BCUT2D eigenvalue weighted by molar-refractivity contribution is 0.642. The third-order valence-corrected chi connectivity index (χ3v) is 5.18. The van der Waals surface area contributed by atoms with Crippen LogP contribution in [0.1, 0.15) is 39.3 Å². The lowest BCUT2D eigenvalue weighted by Crippen LogP contribution is -2.06. The van der Waals surface area contributed by atoms with Crippen molar-refractivity contribution in [2.24, 2.45) is 11.7 Å².